The summed E-state index contributed by atoms with van der Waals surface area (Å²) in [6.45, 7) is 4.29. The van der Waals surface area contributed by atoms with Gasteiger partial charge in [-0.1, -0.05) is 13.8 Å². The molecule has 0 saturated heterocycles. The lowest BCUT2D eigenvalue weighted by atomic mass is 9.75. The fourth-order valence-electron chi connectivity index (χ4n) is 3.36. The molecule has 0 aliphatic heterocycles. The Hall–Kier alpha value is -0.0400. The minimum absolute atomic E-state index is 0.0370. The van der Waals surface area contributed by atoms with E-state index in [0.29, 0.717) is 11.3 Å². The zero-order valence-corrected chi connectivity index (χ0v) is 8.21. The summed E-state index contributed by atoms with van der Waals surface area (Å²) in [7, 11) is 0. The monoisotopic (exact) mass is 168 g/mol. The fraction of sp³-hybridized carbons (Fsp3) is 1.00. The van der Waals surface area contributed by atoms with Gasteiger partial charge in [-0.05, 0) is 49.4 Å². The highest BCUT2D eigenvalue weighted by molar-refractivity contribution is 5.00. The molecule has 12 heavy (non-hydrogen) atoms. The molecule has 0 aromatic rings. The normalized spacial score (nSPS) is 42.5. The molecule has 2 saturated carbocycles. The van der Waals surface area contributed by atoms with E-state index in [2.05, 4.69) is 13.8 Å². The summed E-state index contributed by atoms with van der Waals surface area (Å²) in [5.41, 5.74) is 0.346. The molecule has 1 N–H and O–H groups in total. The average Bonchev–Trinajstić information content (AvgIpc) is 2.62. The van der Waals surface area contributed by atoms with Crippen molar-refractivity contribution in [1.29, 1.82) is 0 Å². The second kappa shape index (κ2) is 2.73. The third kappa shape index (κ3) is 1.10. The van der Waals surface area contributed by atoms with Crippen molar-refractivity contribution in [2.24, 2.45) is 17.3 Å². The second-order valence-electron chi connectivity index (χ2n) is 5.20. The quantitative estimate of drug-likeness (QED) is 0.672. The molecule has 70 valence electrons. The van der Waals surface area contributed by atoms with Crippen molar-refractivity contribution in [3.8, 4) is 0 Å². The van der Waals surface area contributed by atoms with Crippen molar-refractivity contribution >= 4 is 0 Å². The molecule has 2 aliphatic carbocycles. The highest BCUT2D eigenvalue weighted by Gasteiger charge is 2.49. The van der Waals surface area contributed by atoms with Crippen LogP contribution in [0.15, 0.2) is 0 Å². The SMILES string of the molecule is CC(C)[C@@H](O)C12CCC(CC1)C2. The van der Waals surface area contributed by atoms with E-state index in [1.807, 2.05) is 0 Å². The largest absolute Gasteiger partial charge is 0.392 e. The molecule has 1 atom stereocenters. The number of fused-ring (bicyclic) bond motifs is 2. The third-order valence-corrected chi connectivity index (χ3v) is 4.06. The Kier molecular flexibility index (Phi) is 1.95. The van der Waals surface area contributed by atoms with E-state index in [4.69, 9.17) is 0 Å². The molecule has 0 heterocycles. The van der Waals surface area contributed by atoms with Crippen LogP contribution in [0.3, 0.4) is 0 Å². The second-order valence-corrected chi connectivity index (χ2v) is 5.20. The van der Waals surface area contributed by atoms with Crippen molar-refractivity contribution in [3.63, 3.8) is 0 Å². The Bertz CT molecular complexity index is 166. The highest BCUT2D eigenvalue weighted by atomic mass is 16.3. The van der Waals surface area contributed by atoms with Crippen LogP contribution in [0.4, 0.5) is 0 Å². The van der Waals surface area contributed by atoms with Crippen LogP contribution in [-0.2, 0) is 0 Å². The maximum absolute atomic E-state index is 10.1. The zero-order valence-electron chi connectivity index (χ0n) is 8.21. The smallest absolute Gasteiger partial charge is 0.0619 e. The molecular weight excluding hydrogens is 148 g/mol. The predicted molar refractivity (Wildman–Crippen MR) is 49.9 cm³/mol. The zero-order chi connectivity index (χ0) is 8.77. The predicted octanol–water partition coefficient (Wildman–Crippen LogP) is 2.58. The molecule has 2 aliphatic rings. The van der Waals surface area contributed by atoms with Crippen LogP contribution in [0.25, 0.3) is 0 Å². The standard InChI is InChI=1S/C11H20O/c1-8(2)10(12)11-5-3-9(7-11)4-6-11/h8-10,12H,3-7H2,1-2H3/t9?,10-,11?/m1/s1. The van der Waals surface area contributed by atoms with E-state index in [0.717, 1.165) is 5.92 Å². The van der Waals surface area contributed by atoms with Gasteiger partial charge in [-0.15, -0.1) is 0 Å². The summed E-state index contributed by atoms with van der Waals surface area (Å²) in [4.78, 5) is 0. The molecule has 2 fully saturated rings. The van der Waals surface area contributed by atoms with Gasteiger partial charge in [0.15, 0.2) is 0 Å². The number of aliphatic hydroxyl groups is 1. The lowest BCUT2D eigenvalue weighted by Crippen LogP contribution is -2.35. The van der Waals surface area contributed by atoms with E-state index in [1.54, 1.807) is 0 Å². The Morgan fingerprint density at radius 2 is 1.83 bits per heavy atom. The van der Waals surface area contributed by atoms with E-state index in [-0.39, 0.29) is 6.10 Å². The first-order chi connectivity index (χ1) is 5.64. The fourth-order valence-corrected chi connectivity index (χ4v) is 3.36. The molecule has 2 rings (SSSR count). The van der Waals surface area contributed by atoms with Crippen LogP contribution >= 0.6 is 0 Å². The summed E-state index contributed by atoms with van der Waals surface area (Å²) in [6.07, 6.45) is 6.61. The van der Waals surface area contributed by atoms with Crippen LogP contribution in [0.2, 0.25) is 0 Å². The van der Waals surface area contributed by atoms with Gasteiger partial charge < -0.3 is 5.11 Å². The Labute approximate surface area is 75.2 Å². The minimum atomic E-state index is -0.0370. The average molecular weight is 168 g/mol. The van der Waals surface area contributed by atoms with E-state index < -0.39 is 0 Å². The van der Waals surface area contributed by atoms with Crippen LogP contribution in [0.5, 0.6) is 0 Å². The first-order valence-corrected chi connectivity index (χ1v) is 5.32. The van der Waals surface area contributed by atoms with E-state index >= 15 is 0 Å². The van der Waals surface area contributed by atoms with Crippen LogP contribution in [-0.4, -0.2) is 11.2 Å². The Morgan fingerprint density at radius 3 is 2.17 bits per heavy atom. The Morgan fingerprint density at radius 1 is 1.25 bits per heavy atom. The molecular formula is C11H20O. The molecule has 0 spiro atoms. The third-order valence-electron chi connectivity index (χ3n) is 4.06. The van der Waals surface area contributed by atoms with Gasteiger partial charge in [0.1, 0.15) is 0 Å². The van der Waals surface area contributed by atoms with Crippen molar-refractivity contribution in [3.05, 3.63) is 0 Å². The number of rotatable bonds is 2. The van der Waals surface area contributed by atoms with Gasteiger partial charge in [0.05, 0.1) is 6.10 Å². The molecule has 0 aromatic carbocycles. The maximum atomic E-state index is 10.1. The maximum Gasteiger partial charge on any atom is 0.0619 e. The molecule has 0 radical (unpaired) electrons. The minimum Gasteiger partial charge on any atom is -0.392 e. The summed E-state index contributed by atoms with van der Waals surface area (Å²) in [6, 6.07) is 0. The van der Waals surface area contributed by atoms with Gasteiger partial charge in [0.2, 0.25) is 0 Å². The van der Waals surface area contributed by atoms with Gasteiger partial charge in [0.25, 0.3) is 0 Å². The lowest BCUT2D eigenvalue weighted by Gasteiger charge is -2.34. The summed E-state index contributed by atoms with van der Waals surface area (Å²) < 4.78 is 0. The van der Waals surface area contributed by atoms with Crippen LogP contribution in [0, 0.1) is 17.3 Å². The molecule has 2 bridgehead atoms. The summed E-state index contributed by atoms with van der Waals surface area (Å²) in [5, 5.41) is 10.1. The van der Waals surface area contributed by atoms with E-state index in [9.17, 15) is 5.11 Å². The van der Waals surface area contributed by atoms with Crippen molar-refractivity contribution in [1.82, 2.24) is 0 Å². The van der Waals surface area contributed by atoms with Gasteiger partial charge in [0, 0.05) is 0 Å². The molecule has 0 unspecified atom stereocenters. The molecule has 1 nitrogen and oxygen atoms in total. The summed E-state index contributed by atoms with van der Waals surface area (Å²) >= 11 is 0. The highest BCUT2D eigenvalue weighted by Crippen LogP contribution is 2.56. The number of hydrogen-bond acceptors (Lipinski definition) is 1. The van der Waals surface area contributed by atoms with Gasteiger partial charge in [-0.25, -0.2) is 0 Å². The molecule has 0 amide bonds. The van der Waals surface area contributed by atoms with E-state index in [1.165, 1.54) is 32.1 Å². The summed E-state index contributed by atoms with van der Waals surface area (Å²) in [5.74, 6) is 1.40. The van der Waals surface area contributed by atoms with Gasteiger partial charge >= 0.3 is 0 Å². The molecule has 0 aromatic heterocycles. The Balaban J connectivity index is 2.10. The van der Waals surface area contributed by atoms with Crippen LogP contribution in [0.1, 0.15) is 46.0 Å². The van der Waals surface area contributed by atoms with Crippen molar-refractivity contribution in [2.45, 2.75) is 52.1 Å². The first kappa shape index (κ1) is 8.55. The topological polar surface area (TPSA) is 20.2 Å². The lowest BCUT2D eigenvalue weighted by molar-refractivity contribution is -0.00330. The number of aliphatic hydroxyl groups excluding tert-OH is 1. The first-order valence-electron chi connectivity index (χ1n) is 5.32. The molecule has 1 heteroatoms. The van der Waals surface area contributed by atoms with Gasteiger partial charge in [-0.3, -0.25) is 0 Å². The van der Waals surface area contributed by atoms with Gasteiger partial charge in [-0.2, -0.15) is 0 Å². The van der Waals surface area contributed by atoms with Crippen molar-refractivity contribution in [2.75, 3.05) is 0 Å². The number of hydrogen-bond donors (Lipinski definition) is 1. The van der Waals surface area contributed by atoms with Crippen LogP contribution < -0.4 is 0 Å². The van der Waals surface area contributed by atoms with Crippen molar-refractivity contribution < 1.29 is 5.11 Å².